The summed E-state index contributed by atoms with van der Waals surface area (Å²) in [5, 5.41) is 13.6. The molecule has 2 rings (SSSR count). The summed E-state index contributed by atoms with van der Waals surface area (Å²) in [4.78, 5) is 0. The molecule has 2 N–H and O–H groups in total. The van der Waals surface area contributed by atoms with Crippen LogP contribution in [0.3, 0.4) is 0 Å². The minimum absolute atomic E-state index is 0.253. The van der Waals surface area contributed by atoms with Gasteiger partial charge in [0.25, 0.3) is 0 Å². The van der Waals surface area contributed by atoms with Crippen LogP contribution in [0.5, 0.6) is 0 Å². The van der Waals surface area contributed by atoms with Gasteiger partial charge in [0.05, 0.1) is 11.2 Å². The summed E-state index contributed by atoms with van der Waals surface area (Å²) >= 11 is 0. The Morgan fingerprint density at radius 1 is 1.35 bits per heavy atom. The molecule has 0 fully saturated rings. The average molecular weight is 272 g/mol. The van der Waals surface area contributed by atoms with Crippen LogP contribution in [-0.2, 0) is 12.0 Å². The summed E-state index contributed by atoms with van der Waals surface area (Å²) in [6.45, 7) is 5.85. The zero-order chi connectivity index (χ0) is 14.9. The molecule has 0 radical (unpaired) electrons. The number of hydrogen-bond donors (Lipinski definition) is 1. The van der Waals surface area contributed by atoms with Crippen LogP contribution < -0.4 is 5.73 Å². The highest BCUT2D eigenvalue weighted by Crippen LogP contribution is 2.25. The topological polar surface area (TPSA) is 67.6 Å². The zero-order valence-electron chi connectivity index (χ0n) is 11.8. The van der Waals surface area contributed by atoms with E-state index in [1.807, 2.05) is 20.8 Å². The van der Waals surface area contributed by atoms with E-state index >= 15 is 0 Å². The monoisotopic (exact) mass is 272 g/mol. The number of anilines is 1. The van der Waals surface area contributed by atoms with Gasteiger partial charge in [-0.15, -0.1) is 0 Å². The second kappa shape index (κ2) is 4.97. The molecule has 0 saturated heterocycles. The number of nitriles is 1. The molecule has 20 heavy (non-hydrogen) atoms. The maximum absolute atomic E-state index is 13.7. The first-order valence-electron chi connectivity index (χ1n) is 6.36. The molecule has 104 valence electrons. The van der Waals surface area contributed by atoms with Crippen LogP contribution in [0.1, 0.15) is 37.6 Å². The highest BCUT2D eigenvalue weighted by atomic mass is 19.1. The Hall–Kier alpha value is -2.35. The summed E-state index contributed by atoms with van der Waals surface area (Å²) in [7, 11) is 0. The van der Waals surface area contributed by atoms with Crippen LogP contribution in [0.2, 0.25) is 0 Å². The number of nitrogens with zero attached hydrogens (tertiary/aromatic N) is 3. The van der Waals surface area contributed by atoms with Crippen molar-refractivity contribution in [2.24, 2.45) is 0 Å². The van der Waals surface area contributed by atoms with Gasteiger partial charge < -0.3 is 5.73 Å². The van der Waals surface area contributed by atoms with Crippen LogP contribution >= 0.6 is 0 Å². The Bertz CT molecular complexity index is 674. The van der Waals surface area contributed by atoms with Crippen molar-refractivity contribution < 1.29 is 4.39 Å². The Labute approximate surface area is 117 Å². The third-order valence-corrected chi connectivity index (χ3v) is 3.06. The quantitative estimate of drug-likeness (QED) is 0.914. The van der Waals surface area contributed by atoms with Crippen molar-refractivity contribution in [1.82, 2.24) is 9.78 Å². The van der Waals surface area contributed by atoms with Crippen molar-refractivity contribution in [3.8, 4) is 6.07 Å². The Morgan fingerprint density at radius 2 is 2.00 bits per heavy atom. The van der Waals surface area contributed by atoms with Gasteiger partial charge in [-0.1, -0.05) is 18.2 Å². The molecule has 0 aliphatic carbocycles. The summed E-state index contributed by atoms with van der Waals surface area (Å²) < 4.78 is 15.3. The van der Waals surface area contributed by atoms with Gasteiger partial charge in [-0.3, -0.25) is 0 Å². The van der Waals surface area contributed by atoms with Crippen molar-refractivity contribution >= 4 is 5.82 Å². The lowest BCUT2D eigenvalue weighted by molar-refractivity contribution is 0.359. The van der Waals surface area contributed by atoms with E-state index < -0.39 is 0 Å². The molecule has 1 heterocycles. The summed E-state index contributed by atoms with van der Waals surface area (Å²) in [5.74, 6) is 0.0200. The molecular formula is C15H17FN4. The van der Waals surface area contributed by atoms with Crippen molar-refractivity contribution in [3.05, 3.63) is 46.9 Å². The molecule has 0 aliphatic heterocycles. The normalized spacial score (nSPS) is 11.3. The van der Waals surface area contributed by atoms with E-state index in [2.05, 4.69) is 11.2 Å². The van der Waals surface area contributed by atoms with Gasteiger partial charge in [-0.2, -0.15) is 10.4 Å². The van der Waals surface area contributed by atoms with Gasteiger partial charge in [-0.25, -0.2) is 9.07 Å². The first kappa shape index (κ1) is 14.1. The lowest BCUT2D eigenvalue weighted by atomic mass is 10.1. The third kappa shape index (κ3) is 2.50. The number of rotatable bonds is 2. The van der Waals surface area contributed by atoms with Gasteiger partial charge in [0.1, 0.15) is 23.3 Å². The van der Waals surface area contributed by atoms with E-state index in [4.69, 9.17) is 5.73 Å². The fourth-order valence-electron chi connectivity index (χ4n) is 2.06. The van der Waals surface area contributed by atoms with E-state index in [1.54, 1.807) is 22.9 Å². The van der Waals surface area contributed by atoms with Crippen LogP contribution in [0, 0.1) is 17.1 Å². The summed E-state index contributed by atoms with van der Waals surface area (Å²) in [6, 6.07) is 8.53. The van der Waals surface area contributed by atoms with Crippen molar-refractivity contribution in [2.45, 2.75) is 32.7 Å². The molecule has 0 saturated carbocycles. The lowest BCUT2D eigenvalue weighted by Crippen LogP contribution is -2.25. The number of nitrogen functional groups attached to an aromatic ring is 1. The van der Waals surface area contributed by atoms with Gasteiger partial charge in [0.15, 0.2) is 0 Å². The molecule has 0 spiro atoms. The largest absolute Gasteiger partial charge is 0.383 e. The summed E-state index contributed by atoms with van der Waals surface area (Å²) in [6.07, 6.45) is 0.253. The highest BCUT2D eigenvalue weighted by molar-refractivity contribution is 5.53. The minimum atomic E-state index is -0.330. The Morgan fingerprint density at radius 3 is 2.55 bits per heavy atom. The van der Waals surface area contributed by atoms with E-state index in [9.17, 15) is 9.65 Å². The van der Waals surface area contributed by atoms with Crippen molar-refractivity contribution in [2.75, 3.05) is 5.73 Å². The van der Waals surface area contributed by atoms with Gasteiger partial charge in [0, 0.05) is 6.42 Å². The Kier molecular flexibility index (Phi) is 3.49. The van der Waals surface area contributed by atoms with E-state index in [0.29, 0.717) is 22.6 Å². The predicted molar refractivity (Wildman–Crippen MR) is 75.6 cm³/mol. The maximum atomic E-state index is 13.7. The fourth-order valence-corrected chi connectivity index (χ4v) is 2.06. The van der Waals surface area contributed by atoms with E-state index in [1.165, 1.54) is 6.07 Å². The first-order valence-corrected chi connectivity index (χ1v) is 6.36. The maximum Gasteiger partial charge on any atom is 0.140 e. The number of hydrogen-bond acceptors (Lipinski definition) is 3. The molecule has 0 unspecified atom stereocenters. The van der Waals surface area contributed by atoms with Crippen molar-refractivity contribution in [1.29, 1.82) is 5.26 Å². The molecule has 0 aliphatic rings. The third-order valence-electron chi connectivity index (χ3n) is 3.06. The Balaban J connectivity index is 2.48. The minimum Gasteiger partial charge on any atom is -0.383 e. The van der Waals surface area contributed by atoms with E-state index in [0.717, 1.165) is 0 Å². The van der Waals surface area contributed by atoms with Crippen LogP contribution in [0.25, 0.3) is 0 Å². The molecular weight excluding hydrogens is 255 g/mol. The molecule has 2 aromatic rings. The number of aromatic nitrogens is 2. The number of nitrogens with two attached hydrogens (primary N) is 1. The second-order valence-corrected chi connectivity index (χ2v) is 5.67. The number of halogens is 1. The predicted octanol–water partition coefficient (Wildman–Crippen LogP) is 2.82. The molecule has 0 bridgehead atoms. The van der Waals surface area contributed by atoms with Crippen LogP contribution in [-0.4, -0.2) is 9.78 Å². The lowest BCUT2D eigenvalue weighted by Gasteiger charge is -2.20. The van der Waals surface area contributed by atoms with Gasteiger partial charge >= 0.3 is 0 Å². The van der Waals surface area contributed by atoms with Crippen LogP contribution in [0.4, 0.5) is 10.2 Å². The summed E-state index contributed by atoms with van der Waals surface area (Å²) in [5.41, 5.74) is 6.98. The molecule has 0 atom stereocenters. The van der Waals surface area contributed by atoms with Gasteiger partial charge in [0.2, 0.25) is 0 Å². The fraction of sp³-hybridized carbons (Fsp3) is 0.333. The molecule has 0 amide bonds. The van der Waals surface area contributed by atoms with Gasteiger partial charge in [-0.05, 0) is 32.4 Å². The molecule has 1 aromatic carbocycles. The smallest absolute Gasteiger partial charge is 0.140 e. The first-order chi connectivity index (χ1) is 9.34. The van der Waals surface area contributed by atoms with Crippen LogP contribution in [0.15, 0.2) is 24.3 Å². The molecule has 4 nitrogen and oxygen atoms in total. The SMILES string of the molecule is CC(C)(C)n1nc(Cc2ccccc2F)c(C#N)c1N. The second-order valence-electron chi connectivity index (χ2n) is 5.67. The number of benzene rings is 1. The molecule has 5 heteroatoms. The highest BCUT2D eigenvalue weighted by Gasteiger charge is 2.23. The van der Waals surface area contributed by atoms with E-state index in [-0.39, 0.29) is 17.8 Å². The zero-order valence-corrected chi connectivity index (χ0v) is 11.8. The molecule has 1 aromatic heterocycles. The standard InChI is InChI=1S/C15H17FN4/c1-15(2,3)20-14(18)11(9-17)13(19-20)8-10-6-4-5-7-12(10)16/h4-7H,8,18H2,1-3H3. The van der Waals surface area contributed by atoms with Crippen molar-refractivity contribution in [3.63, 3.8) is 0 Å². The average Bonchev–Trinajstić information content (AvgIpc) is 2.68.